The molecular formula is C24H30N4O4. The number of aliphatic carboxylic acids is 1. The molecule has 1 aromatic carbocycles. The quantitative estimate of drug-likeness (QED) is 0.499. The molecule has 0 bridgehead atoms. The SMILES string of the molecule is CC[C@H](NCc1ccc2c(c1)nc(-c1c[nH]c(=O)c(C)c1)n2CC1CCOCC1)C(=O)O. The van der Waals surface area contributed by atoms with E-state index in [0.29, 0.717) is 24.4 Å². The highest BCUT2D eigenvalue weighted by atomic mass is 16.5. The van der Waals surface area contributed by atoms with Gasteiger partial charge in [-0.25, -0.2) is 4.98 Å². The number of carbonyl (C=O) groups is 1. The lowest BCUT2D eigenvalue weighted by molar-refractivity contribution is -0.139. The zero-order chi connectivity index (χ0) is 22.7. The van der Waals surface area contributed by atoms with Crippen LogP contribution < -0.4 is 10.9 Å². The number of H-pyrrole nitrogens is 1. The third-order valence-electron chi connectivity index (χ3n) is 6.20. The van der Waals surface area contributed by atoms with Crippen LogP contribution in [-0.2, 0) is 22.6 Å². The van der Waals surface area contributed by atoms with Crippen molar-refractivity contribution in [1.29, 1.82) is 0 Å². The highest BCUT2D eigenvalue weighted by Gasteiger charge is 2.20. The van der Waals surface area contributed by atoms with E-state index >= 15 is 0 Å². The van der Waals surface area contributed by atoms with Crippen LogP contribution in [0.2, 0.25) is 0 Å². The molecule has 1 aliphatic rings. The van der Waals surface area contributed by atoms with E-state index in [4.69, 9.17) is 9.72 Å². The van der Waals surface area contributed by atoms with Gasteiger partial charge in [0.15, 0.2) is 0 Å². The number of rotatable bonds is 8. The Bertz CT molecular complexity index is 1160. The first-order valence-electron chi connectivity index (χ1n) is 11.2. The number of aromatic nitrogens is 3. The molecule has 3 heterocycles. The van der Waals surface area contributed by atoms with Gasteiger partial charge in [-0.1, -0.05) is 13.0 Å². The van der Waals surface area contributed by atoms with E-state index in [1.165, 1.54) is 0 Å². The first-order valence-corrected chi connectivity index (χ1v) is 11.2. The minimum atomic E-state index is -0.843. The van der Waals surface area contributed by atoms with Gasteiger partial charge in [0.1, 0.15) is 11.9 Å². The molecule has 170 valence electrons. The smallest absolute Gasteiger partial charge is 0.320 e. The van der Waals surface area contributed by atoms with Crippen LogP contribution in [0.15, 0.2) is 35.3 Å². The number of hydrogen-bond donors (Lipinski definition) is 3. The van der Waals surface area contributed by atoms with Crippen molar-refractivity contribution in [3.8, 4) is 11.4 Å². The zero-order valence-electron chi connectivity index (χ0n) is 18.6. The Balaban J connectivity index is 1.70. The Morgan fingerprint density at radius 1 is 1.34 bits per heavy atom. The lowest BCUT2D eigenvalue weighted by Gasteiger charge is -2.23. The first-order chi connectivity index (χ1) is 15.5. The number of pyridine rings is 1. The third kappa shape index (κ3) is 4.76. The van der Waals surface area contributed by atoms with Crippen molar-refractivity contribution in [1.82, 2.24) is 19.9 Å². The number of aromatic amines is 1. The summed E-state index contributed by atoms with van der Waals surface area (Å²) in [4.78, 5) is 30.9. The second-order valence-electron chi connectivity index (χ2n) is 8.51. The Kier molecular flexibility index (Phi) is 6.72. The van der Waals surface area contributed by atoms with Gasteiger partial charge in [0.2, 0.25) is 0 Å². The molecule has 32 heavy (non-hydrogen) atoms. The molecule has 0 radical (unpaired) electrons. The summed E-state index contributed by atoms with van der Waals surface area (Å²) in [5.41, 5.74) is 4.30. The molecule has 0 aliphatic carbocycles. The molecule has 0 saturated carbocycles. The summed E-state index contributed by atoms with van der Waals surface area (Å²) in [6.45, 7) is 6.50. The third-order valence-corrected chi connectivity index (χ3v) is 6.20. The maximum Gasteiger partial charge on any atom is 0.320 e. The average molecular weight is 439 g/mol. The minimum absolute atomic E-state index is 0.0990. The molecule has 8 nitrogen and oxygen atoms in total. The number of hydrogen-bond acceptors (Lipinski definition) is 5. The van der Waals surface area contributed by atoms with Gasteiger partial charge in [0.05, 0.1) is 11.0 Å². The lowest BCUT2D eigenvalue weighted by atomic mass is 10.00. The second-order valence-corrected chi connectivity index (χ2v) is 8.51. The fourth-order valence-corrected chi connectivity index (χ4v) is 4.25. The average Bonchev–Trinajstić information content (AvgIpc) is 3.14. The predicted molar refractivity (Wildman–Crippen MR) is 123 cm³/mol. The Morgan fingerprint density at radius 2 is 2.12 bits per heavy atom. The summed E-state index contributed by atoms with van der Waals surface area (Å²) in [6.07, 6.45) is 4.27. The van der Waals surface area contributed by atoms with Crippen molar-refractivity contribution in [2.45, 2.75) is 52.2 Å². The van der Waals surface area contributed by atoms with E-state index in [2.05, 4.69) is 20.9 Å². The molecular weight excluding hydrogens is 408 g/mol. The van der Waals surface area contributed by atoms with Crippen molar-refractivity contribution < 1.29 is 14.6 Å². The molecule has 2 aromatic heterocycles. The topological polar surface area (TPSA) is 109 Å². The van der Waals surface area contributed by atoms with Crippen molar-refractivity contribution in [3.05, 3.63) is 51.9 Å². The standard InChI is InChI=1S/C24H30N4O4/c1-3-19(24(30)31)25-12-17-4-5-21-20(11-17)27-22(18-10-15(2)23(29)26-13-18)28(21)14-16-6-8-32-9-7-16/h4-5,10-11,13,16,19,25H,3,6-9,12,14H2,1-2H3,(H,26,29)(H,30,31)/t19-/m0/s1. The zero-order valence-corrected chi connectivity index (χ0v) is 18.6. The number of benzene rings is 1. The number of carboxylic acids is 1. The summed E-state index contributed by atoms with van der Waals surface area (Å²) in [5.74, 6) is 0.490. The summed E-state index contributed by atoms with van der Waals surface area (Å²) in [5, 5.41) is 12.4. The fraction of sp³-hybridized carbons (Fsp3) is 0.458. The summed E-state index contributed by atoms with van der Waals surface area (Å²) in [7, 11) is 0. The van der Waals surface area contributed by atoms with Gasteiger partial charge in [-0.05, 0) is 55.9 Å². The van der Waals surface area contributed by atoms with Crippen molar-refractivity contribution in [2.75, 3.05) is 13.2 Å². The number of nitrogens with zero attached hydrogens (tertiary/aromatic N) is 2. The van der Waals surface area contributed by atoms with Crippen LogP contribution in [0.4, 0.5) is 0 Å². The van der Waals surface area contributed by atoms with Crippen LogP contribution in [0.5, 0.6) is 0 Å². The largest absolute Gasteiger partial charge is 0.480 e. The molecule has 0 spiro atoms. The summed E-state index contributed by atoms with van der Waals surface area (Å²) < 4.78 is 7.76. The van der Waals surface area contributed by atoms with Gasteiger partial charge in [0.25, 0.3) is 5.56 Å². The number of fused-ring (bicyclic) bond motifs is 1. The highest BCUT2D eigenvalue weighted by molar-refractivity contribution is 5.81. The maximum atomic E-state index is 11.9. The van der Waals surface area contributed by atoms with E-state index in [1.807, 2.05) is 25.1 Å². The van der Waals surface area contributed by atoms with Crippen LogP contribution in [-0.4, -0.2) is 44.9 Å². The van der Waals surface area contributed by atoms with Gasteiger partial charge >= 0.3 is 5.97 Å². The van der Waals surface area contributed by atoms with E-state index < -0.39 is 12.0 Å². The number of carboxylic acid groups (broad SMARTS) is 1. The van der Waals surface area contributed by atoms with Gasteiger partial charge in [0, 0.05) is 43.6 Å². The fourth-order valence-electron chi connectivity index (χ4n) is 4.25. The molecule has 1 aliphatic heterocycles. The van der Waals surface area contributed by atoms with Gasteiger partial charge in [-0.15, -0.1) is 0 Å². The van der Waals surface area contributed by atoms with Crippen molar-refractivity contribution in [2.24, 2.45) is 5.92 Å². The number of ether oxygens (including phenoxy) is 1. The maximum absolute atomic E-state index is 11.9. The molecule has 0 unspecified atom stereocenters. The Hall–Kier alpha value is -2.97. The van der Waals surface area contributed by atoms with Gasteiger partial charge in [-0.2, -0.15) is 0 Å². The molecule has 0 amide bonds. The van der Waals surface area contributed by atoms with Crippen LogP contribution >= 0.6 is 0 Å². The number of aryl methyl sites for hydroxylation is 1. The van der Waals surface area contributed by atoms with Crippen LogP contribution in [0.1, 0.15) is 37.3 Å². The first kappa shape index (κ1) is 22.2. The van der Waals surface area contributed by atoms with Crippen LogP contribution in [0.3, 0.4) is 0 Å². The summed E-state index contributed by atoms with van der Waals surface area (Å²) >= 11 is 0. The van der Waals surface area contributed by atoms with E-state index in [9.17, 15) is 14.7 Å². The van der Waals surface area contributed by atoms with Crippen LogP contribution in [0.25, 0.3) is 22.4 Å². The van der Waals surface area contributed by atoms with Gasteiger partial charge in [-0.3, -0.25) is 9.59 Å². The molecule has 3 aromatic rings. The molecule has 1 fully saturated rings. The molecule has 1 saturated heterocycles. The van der Waals surface area contributed by atoms with Crippen molar-refractivity contribution >= 4 is 17.0 Å². The summed E-state index contributed by atoms with van der Waals surface area (Å²) in [6, 6.07) is 7.40. The van der Waals surface area contributed by atoms with Gasteiger partial charge < -0.3 is 24.7 Å². The number of imidazole rings is 1. The molecule has 3 N–H and O–H groups in total. The monoisotopic (exact) mass is 438 g/mol. The highest BCUT2D eigenvalue weighted by Crippen LogP contribution is 2.28. The van der Waals surface area contributed by atoms with E-state index in [0.717, 1.165) is 60.6 Å². The van der Waals surface area contributed by atoms with E-state index in [1.54, 1.807) is 13.1 Å². The minimum Gasteiger partial charge on any atom is -0.480 e. The number of nitrogens with one attached hydrogen (secondary N) is 2. The lowest BCUT2D eigenvalue weighted by Crippen LogP contribution is -2.35. The van der Waals surface area contributed by atoms with E-state index in [-0.39, 0.29) is 5.56 Å². The molecule has 4 rings (SSSR count). The normalized spacial score (nSPS) is 15.8. The Labute approximate surface area is 186 Å². The molecule has 8 heteroatoms. The predicted octanol–water partition coefficient (Wildman–Crippen LogP) is 3.08. The van der Waals surface area contributed by atoms with Crippen LogP contribution in [0, 0.1) is 12.8 Å². The van der Waals surface area contributed by atoms with Crippen molar-refractivity contribution in [3.63, 3.8) is 0 Å². The molecule has 1 atom stereocenters. The second kappa shape index (κ2) is 9.67. The Morgan fingerprint density at radius 3 is 2.81 bits per heavy atom.